The third-order valence-electron chi connectivity index (χ3n) is 3.95. The van der Waals surface area contributed by atoms with Crippen molar-refractivity contribution in [3.05, 3.63) is 34.3 Å². The summed E-state index contributed by atoms with van der Waals surface area (Å²) in [6, 6.07) is 8.14. The molecule has 2 rings (SSSR count). The van der Waals surface area contributed by atoms with Crippen LogP contribution in [0.3, 0.4) is 0 Å². The average Bonchev–Trinajstić information content (AvgIpc) is 2.32. The van der Waals surface area contributed by atoms with E-state index in [0.29, 0.717) is 5.92 Å². The minimum atomic E-state index is -0.660. The minimum Gasteiger partial charge on any atom is -0.385 e. The van der Waals surface area contributed by atoms with Crippen molar-refractivity contribution in [3.8, 4) is 0 Å². The first-order valence-electron chi connectivity index (χ1n) is 6.65. The van der Waals surface area contributed by atoms with E-state index < -0.39 is 5.60 Å². The van der Waals surface area contributed by atoms with Gasteiger partial charge in [-0.05, 0) is 44.6 Å². The first-order chi connectivity index (χ1) is 8.52. The lowest BCUT2D eigenvalue weighted by molar-refractivity contribution is -0.0619. The zero-order chi connectivity index (χ0) is 13.2. The summed E-state index contributed by atoms with van der Waals surface area (Å²) in [5, 5.41) is 11.1. The van der Waals surface area contributed by atoms with Crippen molar-refractivity contribution in [1.82, 2.24) is 4.90 Å². The van der Waals surface area contributed by atoms with Crippen LogP contribution in [0, 0.1) is 5.92 Å². The fourth-order valence-corrected chi connectivity index (χ4v) is 3.45. The lowest BCUT2D eigenvalue weighted by Crippen LogP contribution is -2.43. The van der Waals surface area contributed by atoms with Gasteiger partial charge >= 0.3 is 0 Å². The first kappa shape index (κ1) is 14.0. The molecule has 100 valence electrons. The number of benzene rings is 1. The Morgan fingerprint density at radius 1 is 1.39 bits per heavy atom. The second-order valence-corrected chi connectivity index (χ2v) is 6.56. The summed E-state index contributed by atoms with van der Waals surface area (Å²) < 4.78 is 1.04. The van der Waals surface area contributed by atoms with Gasteiger partial charge in [0.15, 0.2) is 0 Å². The predicted molar refractivity (Wildman–Crippen MR) is 78.6 cm³/mol. The van der Waals surface area contributed by atoms with E-state index in [4.69, 9.17) is 0 Å². The zero-order valence-electron chi connectivity index (χ0n) is 11.2. The minimum absolute atomic E-state index is 0.329. The molecule has 0 saturated heterocycles. The molecule has 18 heavy (non-hydrogen) atoms. The summed E-state index contributed by atoms with van der Waals surface area (Å²) in [5.41, 5.74) is 0.398. The molecule has 0 heterocycles. The van der Waals surface area contributed by atoms with Crippen LogP contribution in [0.1, 0.15) is 31.2 Å². The maximum atomic E-state index is 11.1. The molecular weight excluding hydrogens is 290 g/mol. The van der Waals surface area contributed by atoms with Gasteiger partial charge in [0.05, 0.1) is 5.60 Å². The Labute approximate surface area is 118 Å². The van der Waals surface area contributed by atoms with Crippen molar-refractivity contribution in [2.45, 2.75) is 31.3 Å². The standard InChI is InChI=1S/C15H22BrNO/c1-17(2)11-13-6-3-4-9-15(13,18)12-7-5-8-14(16)10-12/h5,7-8,10,13,18H,3-4,6,9,11H2,1-2H3. The van der Waals surface area contributed by atoms with Crippen LogP contribution >= 0.6 is 15.9 Å². The molecule has 0 radical (unpaired) electrons. The molecule has 1 aromatic rings. The smallest absolute Gasteiger partial charge is 0.0937 e. The molecule has 1 aliphatic rings. The van der Waals surface area contributed by atoms with Gasteiger partial charge in [0.1, 0.15) is 0 Å². The van der Waals surface area contributed by atoms with Crippen LogP contribution in [0.25, 0.3) is 0 Å². The van der Waals surface area contributed by atoms with Crippen LogP contribution in [-0.2, 0) is 5.60 Å². The Morgan fingerprint density at radius 2 is 2.17 bits per heavy atom. The van der Waals surface area contributed by atoms with Gasteiger partial charge in [0, 0.05) is 16.9 Å². The van der Waals surface area contributed by atoms with Crippen LogP contribution in [0.2, 0.25) is 0 Å². The summed E-state index contributed by atoms with van der Waals surface area (Å²) in [4.78, 5) is 2.18. The molecule has 0 aliphatic heterocycles. The summed E-state index contributed by atoms with van der Waals surface area (Å²) >= 11 is 3.50. The molecule has 1 fully saturated rings. The summed E-state index contributed by atoms with van der Waals surface area (Å²) in [7, 11) is 4.16. The van der Waals surface area contributed by atoms with E-state index in [2.05, 4.69) is 47.1 Å². The van der Waals surface area contributed by atoms with Crippen molar-refractivity contribution < 1.29 is 5.11 Å². The molecule has 0 bridgehead atoms. The first-order valence-corrected chi connectivity index (χ1v) is 7.45. The van der Waals surface area contributed by atoms with Gasteiger partial charge in [-0.1, -0.05) is 40.9 Å². The number of nitrogens with zero attached hydrogens (tertiary/aromatic N) is 1. The van der Waals surface area contributed by atoms with Crippen molar-refractivity contribution in [3.63, 3.8) is 0 Å². The van der Waals surface area contributed by atoms with Crippen LogP contribution in [0.15, 0.2) is 28.7 Å². The summed E-state index contributed by atoms with van der Waals surface area (Å²) in [6.45, 7) is 0.947. The van der Waals surface area contributed by atoms with Crippen LogP contribution in [0.5, 0.6) is 0 Å². The number of rotatable bonds is 3. The highest BCUT2D eigenvalue weighted by atomic mass is 79.9. The van der Waals surface area contributed by atoms with E-state index in [-0.39, 0.29) is 0 Å². The lowest BCUT2D eigenvalue weighted by Gasteiger charge is -2.41. The SMILES string of the molecule is CN(C)CC1CCCCC1(O)c1cccc(Br)c1. The zero-order valence-corrected chi connectivity index (χ0v) is 12.8. The van der Waals surface area contributed by atoms with Gasteiger partial charge in [0.25, 0.3) is 0 Å². The number of hydrogen-bond acceptors (Lipinski definition) is 2. The van der Waals surface area contributed by atoms with E-state index in [1.54, 1.807) is 0 Å². The Kier molecular flexibility index (Phi) is 4.46. The molecule has 3 heteroatoms. The van der Waals surface area contributed by atoms with Crippen molar-refractivity contribution in [1.29, 1.82) is 0 Å². The van der Waals surface area contributed by atoms with Gasteiger partial charge in [-0.15, -0.1) is 0 Å². The monoisotopic (exact) mass is 311 g/mol. The van der Waals surface area contributed by atoms with Crippen LogP contribution < -0.4 is 0 Å². The third-order valence-corrected chi connectivity index (χ3v) is 4.44. The Balaban J connectivity index is 2.29. The molecule has 1 saturated carbocycles. The Hall–Kier alpha value is -0.380. The second kappa shape index (κ2) is 5.72. The van der Waals surface area contributed by atoms with Gasteiger partial charge < -0.3 is 10.0 Å². The van der Waals surface area contributed by atoms with Gasteiger partial charge in [-0.3, -0.25) is 0 Å². The fourth-order valence-electron chi connectivity index (χ4n) is 3.05. The van der Waals surface area contributed by atoms with E-state index >= 15 is 0 Å². The van der Waals surface area contributed by atoms with Gasteiger partial charge in [-0.25, -0.2) is 0 Å². The molecular formula is C15H22BrNO. The summed E-state index contributed by atoms with van der Waals surface area (Å²) in [5.74, 6) is 0.329. The largest absolute Gasteiger partial charge is 0.385 e. The molecule has 2 unspecified atom stereocenters. The third kappa shape index (κ3) is 2.95. The van der Waals surface area contributed by atoms with Crippen molar-refractivity contribution in [2.24, 2.45) is 5.92 Å². The van der Waals surface area contributed by atoms with E-state index in [0.717, 1.165) is 35.8 Å². The molecule has 2 nitrogen and oxygen atoms in total. The topological polar surface area (TPSA) is 23.5 Å². The second-order valence-electron chi connectivity index (χ2n) is 5.64. The highest BCUT2D eigenvalue weighted by Gasteiger charge is 2.40. The maximum absolute atomic E-state index is 11.1. The van der Waals surface area contributed by atoms with Gasteiger partial charge in [-0.2, -0.15) is 0 Å². The van der Waals surface area contributed by atoms with Crippen LogP contribution in [-0.4, -0.2) is 30.6 Å². The van der Waals surface area contributed by atoms with Crippen molar-refractivity contribution in [2.75, 3.05) is 20.6 Å². The Morgan fingerprint density at radius 3 is 2.83 bits per heavy atom. The molecule has 0 spiro atoms. The number of halogens is 1. The predicted octanol–water partition coefficient (Wildman–Crippen LogP) is 3.39. The highest BCUT2D eigenvalue weighted by molar-refractivity contribution is 9.10. The lowest BCUT2D eigenvalue weighted by atomic mass is 9.71. The normalized spacial score (nSPS) is 28.6. The molecule has 0 amide bonds. The van der Waals surface area contributed by atoms with Gasteiger partial charge in [0.2, 0.25) is 0 Å². The fraction of sp³-hybridized carbons (Fsp3) is 0.600. The number of aliphatic hydroxyl groups is 1. The van der Waals surface area contributed by atoms with E-state index in [1.807, 2.05) is 12.1 Å². The quantitative estimate of drug-likeness (QED) is 0.925. The molecule has 0 aromatic heterocycles. The molecule has 1 aromatic carbocycles. The highest BCUT2D eigenvalue weighted by Crippen LogP contribution is 2.42. The molecule has 1 N–H and O–H groups in total. The summed E-state index contributed by atoms with van der Waals surface area (Å²) in [6.07, 6.45) is 4.34. The Bertz CT molecular complexity index is 407. The molecule has 1 aliphatic carbocycles. The molecule has 2 atom stereocenters. The maximum Gasteiger partial charge on any atom is 0.0937 e. The number of hydrogen-bond donors (Lipinski definition) is 1. The van der Waals surface area contributed by atoms with E-state index in [1.165, 1.54) is 6.42 Å². The van der Waals surface area contributed by atoms with Crippen LogP contribution in [0.4, 0.5) is 0 Å². The van der Waals surface area contributed by atoms with Crippen molar-refractivity contribution >= 4 is 15.9 Å². The average molecular weight is 312 g/mol. The van der Waals surface area contributed by atoms with E-state index in [9.17, 15) is 5.11 Å².